The standard InChI is InChI=1S/C8H16N4O6/c13-2-9-1-12(18,5-16)7-6(9)10(3-14)8(17)11(7)4-15/h6-7,13-16H,1-5H2. The molecule has 2 aliphatic rings. The molecule has 0 aromatic heterocycles. The van der Waals surface area contributed by atoms with Gasteiger partial charge in [-0.25, -0.2) is 14.6 Å². The van der Waals surface area contributed by atoms with Crippen LogP contribution in [0.1, 0.15) is 0 Å². The van der Waals surface area contributed by atoms with Crippen LogP contribution >= 0.6 is 0 Å². The Morgan fingerprint density at radius 3 is 2.22 bits per heavy atom. The molecule has 2 heterocycles. The molecule has 10 nitrogen and oxygen atoms in total. The van der Waals surface area contributed by atoms with Crippen molar-refractivity contribution >= 4 is 6.03 Å². The molecule has 2 amide bonds. The van der Waals surface area contributed by atoms with Crippen molar-refractivity contribution in [3.05, 3.63) is 5.21 Å². The summed E-state index contributed by atoms with van der Waals surface area (Å²) in [6.07, 6.45) is -1.95. The van der Waals surface area contributed by atoms with E-state index < -0.39 is 49.9 Å². The number of urea groups is 1. The Labute approximate surface area is 103 Å². The minimum Gasteiger partial charge on any atom is -0.629 e. The molecule has 4 N–H and O–H groups in total. The second-order valence-electron chi connectivity index (χ2n) is 4.30. The van der Waals surface area contributed by atoms with Crippen LogP contribution in [0.5, 0.6) is 0 Å². The van der Waals surface area contributed by atoms with Crippen LogP contribution in [0.25, 0.3) is 0 Å². The quantitative estimate of drug-likeness (QED) is 0.310. The van der Waals surface area contributed by atoms with E-state index >= 15 is 0 Å². The molecule has 0 spiro atoms. The second kappa shape index (κ2) is 4.59. The normalized spacial score (nSPS) is 36.6. The highest BCUT2D eigenvalue weighted by Gasteiger charge is 2.61. The largest absolute Gasteiger partial charge is 0.629 e. The number of rotatable bonds is 4. The van der Waals surface area contributed by atoms with Gasteiger partial charge in [-0.05, 0) is 0 Å². The third kappa shape index (κ3) is 1.59. The first-order valence-electron chi connectivity index (χ1n) is 5.36. The fourth-order valence-corrected chi connectivity index (χ4v) is 2.62. The van der Waals surface area contributed by atoms with E-state index in [0.29, 0.717) is 0 Å². The van der Waals surface area contributed by atoms with E-state index in [0.717, 1.165) is 9.80 Å². The maximum atomic E-state index is 12.4. The lowest BCUT2D eigenvalue weighted by Crippen LogP contribution is -2.56. The summed E-state index contributed by atoms with van der Waals surface area (Å²) >= 11 is 0. The van der Waals surface area contributed by atoms with E-state index in [9.17, 15) is 25.3 Å². The van der Waals surface area contributed by atoms with Gasteiger partial charge in [-0.2, -0.15) is 0 Å². The van der Waals surface area contributed by atoms with E-state index in [1.54, 1.807) is 0 Å². The number of hydroxylamine groups is 3. The molecule has 0 aliphatic carbocycles. The van der Waals surface area contributed by atoms with Crippen LogP contribution in [0, 0.1) is 5.21 Å². The maximum absolute atomic E-state index is 12.4. The molecule has 0 bridgehead atoms. The van der Waals surface area contributed by atoms with Crippen molar-refractivity contribution in [1.29, 1.82) is 0 Å². The number of nitrogens with zero attached hydrogens (tertiary/aromatic N) is 4. The topological polar surface area (TPSA) is 131 Å². The molecule has 2 aliphatic heterocycles. The molecule has 3 atom stereocenters. The summed E-state index contributed by atoms with van der Waals surface area (Å²) in [5.41, 5.74) is 0. The molecular weight excluding hydrogens is 248 g/mol. The molecule has 10 heteroatoms. The van der Waals surface area contributed by atoms with Crippen molar-refractivity contribution in [2.24, 2.45) is 0 Å². The summed E-state index contributed by atoms with van der Waals surface area (Å²) in [6.45, 7) is -2.85. The van der Waals surface area contributed by atoms with Crippen molar-refractivity contribution in [2.75, 3.05) is 33.6 Å². The number of aliphatic hydroxyl groups is 4. The number of amides is 2. The third-order valence-corrected chi connectivity index (χ3v) is 3.40. The van der Waals surface area contributed by atoms with Gasteiger partial charge in [-0.3, -0.25) is 4.90 Å². The molecule has 0 aromatic rings. The van der Waals surface area contributed by atoms with Gasteiger partial charge in [-0.15, -0.1) is 0 Å². The summed E-state index contributed by atoms with van der Waals surface area (Å²) in [5, 5.41) is 49.1. The van der Waals surface area contributed by atoms with Crippen LogP contribution in [0.3, 0.4) is 0 Å². The average molecular weight is 264 g/mol. The van der Waals surface area contributed by atoms with E-state index in [-0.39, 0.29) is 6.67 Å². The van der Waals surface area contributed by atoms with Gasteiger partial charge in [0.2, 0.25) is 6.17 Å². The molecular formula is C8H16N4O6. The smallest absolute Gasteiger partial charge is 0.329 e. The minimum atomic E-state index is -1.17. The lowest BCUT2D eigenvalue weighted by atomic mass is 10.3. The number of carbonyl (C=O) groups excluding carboxylic acids is 1. The van der Waals surface area contributed by atoms with Gasteiger partial charge in [0.1, 0.15) is 26.9 Å². The van der Waals surface area contributed by atoms with Crippen LogP contribution in [0.15, 0.2) is 0 Å². The highest BCUT2D eigenvalue weighted by molar-refractivity contribution is 5.77. The average Bonchev–Trinajstić information content (AvgIpc) is 2.83. The fraction of sp³-hybridized carbons (Fsp3) is 0.875. The molecule has 18 heavy (non-hydrogen) atoms. The van der Waals surface area contributed by atoms with Crippen molar-refractivity contribution in [3.8, 4) is 0 Å². The first-order chi connectivity index (χ1) is 8.53. The lowest BCUT2D eigenvalue weighted by molar-refractivity contribution is -0.924. The Balaban J connectivity index is 2.40. The number of hydrogen-bond acceptors (Lipinski definition) is 7. The Kier molecular flexibility index (Phi) is 3.42. The number of aliphatic hydroxyl groups excluding tert-OH is 4. The summed E-state index contributed by atoms with van der Waals surface area (Å²) in [6, 6.07) is -0.708. The van der Waals surface area contributed by atoms with Crippen LogP contribution < -0.4 is 0 Å². The molecule has 2 rings (SSSR count). The predicted molar refractivity (Wildman–Crippen MR) is 55.3 cm³/mol. The number of carbonyl (C=O) groups is 1. The number of hydrogen-bond donors (Lipinski definition) is 4. The van der Waals surface area contributed by atoms with E-state index in [1.807, 2.05) is 0 Å². The van der Waals surface area contributed by atoms with Crippen molar-refractivity contribution in [2.45, 2.75) is 12.3 Å². The van der Waals surface area contributed by atoms with Crippen LogP contribution in [0.4, 0.5) is 4.79 Å². The van der Waals surface area contributed by atoms with Gasteiger partial charge in [0.25, 0.3) is 0 Å². The Hall–Kier alpha value is -1.01. The van der Waals surface area contributed by atoms with Crippen molar-refractivity contribution in [3.63, 3.8) is 0 Å². The fourth-order valence-electron chi connectivity index (χ4n) is 2.62. The Morgan fingerprint density at radius 1 is 1.17 bits per heavy atom. The zero-order chi connectivity index (χ0) is 13.5. The second-order valence-corrected chi connectivity index (χ2v) is 4.30. The molecule has 2 saturated heterocycles. The zero-order valence-electron chi connectivity index (χ0n) is 9.58. The molecule has 2 fully saturated rings. The maximum Gasteiger partial charge on any atom is 0.329 e. The molecule has 0 aromatic carbocycles. The van der Waals surface area contributed by atoms with Crippen molar-refractivity contribution < 1.29 is 29.9 Å². The third-order valence-electron chi connectivity index (χ3n) is 3.40. The van der Waals surface area contributed by atoms with E-state index in [1.165, 1.54) is 4.90 Å². The Morgan fingerprint density at radius 2 is 1.78 bits per heavy atom. The summed E-state index contributed by atoms with van der Waals surface area (Å²) in [5.74, 6) is 0. The summed E-state index contributed by atoms with van der Waals surface area (Å²) in [4.78, 5) is 14.9. The molecule has 0 radical (unpaired) electrons. The summed E-state index contributed by atoms with van der Waals surface area (Å²) < 4.78 is -1.17. The predicted octanol–water partition coefficient (Wildman–Crippen LogP) is -3.24. The molecule has 104 valence electrons. The van der Waals surface area contributed by atoms with Crippen LogP contribution in [-0.2, 0) is 0 Å². The van der Waals surface area contributed by atoms with Gasteiger partial charge in [0.15, 0.2) is 12.9 Å². The highest BCUT2D eigenvalue weighted by Crippen LogP contribution is 2.36. The molecule has 0 saturated carbocycles. The zero-order valence-corrected chi connectivity index (χ0v) is 9.58. The van der Waals surface area contributed by atoms with Crippen LogP contribution in [-0.4, -0.2) is 91.7 Å². The SMILES string of the molecule is O=C1N(CO)C2C(N1CO)[N+]([O-])(CO)CN2CO. The number of fused-ring (bicyclic) bond motifs is 1. The van der Waals surface area contributed by atoms with Gasteiger partial charge in [0, 0.05) is 0 Å². The lowest BCUT2D eigenvalue weighted by Gasteiger charge is -2.42. The minimum absolute atomic E-state index is 0.234. The number of quaternary nitrogens is 1. The van der Waals surface area contributed by atoms with Gasteiger partial charge in [0.05, 0.1) is 0 Å². The van der Waals surface area contributed by atoms with Gasteiger partial charge in [-0.1, -0.05) is 0 Å². The van der Waals surface area contributed by atoms with E-state index in [4.69, 9.17) is 5.11 Å². The van der Waals surface area contributed by atoms with Gasteiger partial charge >= 0.3 is 6.03 Å². The van der Waals surface area contributed by atoms with E-state index in [2.05, 4.69) is 0 Å². The van der Waals surface area contributed by atoms with Crippen LogP contribution in [0.2, 0.25) is 0 Å². The van der Waals surface area contributed by atoms with Crippen molar-refractivity contribution in [1.82, 2.24) is 14.7 Å². The first-order valence-corrected chi connectivity index (χ1v) is 5.36. The highest BCUT2D eigenvalue weighted by atomic mass is 16.6. The molecule has 3 unspecified atom stereocenters. The van der Waals surface area contributed by atoms with Gasteiger partial charge < -0.3 is 30.3 Å². The monoisotopic (exact) mass is 264 g/mol. The first kappa shape index (κ1) is 13.4. The Bertz CT molecular complexity index is 344. The summed E-state index contributed by atoms with van der Waals surface area (Å²) in [7, 11) is 0.